The van der Waals surface area contributed by atoms with Gasteiger partial charge in [0, 0.05) is 59.7 Å². The van der Waals surface area contributed by atoms with E-state index < -0.39 is 23.1 Å². The minimum absolute atomic E-state index is 0.0123. The first kappa shape index (κ1) is 23.1. The van der Waals surface area contributed by atoms with Gasteiger partial charge in [-0.1, -0.05) is 54.2 Å². The number of likely N-dealkylation sites (tertiary alicyclic amines) is 1. The molecule has 2 aromatic rings. The number of non-ortho nitro benzene ring substituents is 1. The van der Waals surface area contributed by atoms with E-state index in [9.17, 15) is 28.1 Å². The second kappa shape index (κ2) is 9.43. The van der Waals surface area contributed by atoms with Crippen molar-refractivity contribution in [2.45, 2.75) is 31.9 Å². The summed E-state index contributed by atoms with van der Waals surface area (Å²) < 4.78 is 42.3. The number of rotatable bonds is 6. The topological polar surface area (TPSA) is 63.5 Å². The van der Waals surface area contributed by atoms with Crippen LogP contribution in [0.4, 0.5) is 18.9 Å². The fraction of sp³-hybridized carbons (Fsp3) is 0.292. The molecule has 1 fully saturated rings. The molecule has 2 aliphatic rings. The van der Waals surface area contributed by atoms with Gasteiger partial charge in [0.25, 0.3) is 5.69 Å². The average molecular weight is 475 g/mol. The van der Waals surface area contributed by atoms with E-state index in [1.165, 1.54) is 24.3 Å². The predicted molar refractivity (Wildman–Crippen MR) is 121 cm³/mol. The van der Waals surface area contributed by atoms with Gasteiger partial charge in [-0.05, 0) is 18.4 Å². The van der Waals surface area contributed by atoms with Gasteiger partial charge in [0.1, 0.15) is 0 Å². The zero-order valence-electron chi connectivity index (χ0n) is 17.6. The zero-order valence-corrected chi connectivity index (χ0v) is 18.4. The third-order valence-corrected chi connectivity index (χ3v) is 7.06. The van der Waals surface area contributed by atoms with E-state index in [1.54, 1.807) is 30.3 Å². The van der Waals surface area contributed by atoms with E-state index in [-0.39, 0.29) is 28.4 Å². The normalized spacial score (nSPS) is 17.0. The Balaban J connectivity index is 1.72. The molecule has 0 aliphatic carbocycles. The number of allylic oxidation sites excluding steroid dienone is 3. The van der Waals surface area contributed by atoms with Crippen molar-refractivity contribution < 1.29 is 22.9 Å². The second-order valence-corrected chi connectivity index (χ2v) is 9.04. The Morgan fingerprint density at radius 3 is 2.24 bits per heavy atom. The summed E-state index contributed by atoms with van der Waals surface area (Å²) in [4.78, 5) is 25.7. The summed E-state index contributed by atoms with van der Waals surface area (Å²) in [5, 5.41) is 11.5. The van der Waals surface area contributed by atoms with Crippen molar-refractivity contribution in [2.24, 2.45) is 0 Å². The first-order valence-electron chi connectivity index (χ1n) is 10.5. The number of benzene rings is 2. The Bertz CT molecular complexity index is 1120. The molecule has 172 valence electrons. The van der Waals surface area contributed by atoms with E-state index in [0.717, 1.165) is 24.6 Å². The fourth-order valence-corrected chi connectivity index (χ4v) is 5.41. The van der Waals surface area contributed by atoms with Crippen molar-refractivity contribution in [1.29, 1.82) is 0 Å². The number of alkyl halides is 3. The van der Waals surface area contributed by atoms with Gasteiger partial charge in [0.05, 0.1) is 9.95 Å². The summed E-state index contributed by atoms with van der Waals surface area (Å²) in [5.74, 6) is -0.388. The number of nitrogens with zero attached hydrogens (tertiary/aromatic N) is 2. The largest absolute Gasteiger partial charge is 0.413 e. The quantitative estimate of drug-likeness (QED) is 0.280. The van der Waals surface area contributed by atoms with Crippen LogP contribution in [0.15, 0.2) is 75.7 Å². The highest BCUT2D eigenvalue weighted by Crippen LogP contribution is 2.48. The summed E-state index contributed by atoms with van der Waals surface area (Å²) in [6, 6.07) is 13.9. The standard InChI is InChI=1S/C24H21F3N2O3S/c25-24(26,27)20-15-19(22(30)17-6-2-1-3-7-17)23(28-12-4-5-13-28)33-21(20)14-16-8-10-18(11-9-16)29(31)32/h1-3,6-11H,4-5,12-15H2. The molecule has 0 atom stereocenters. The van der Waals surface area contributed by atoms with E-state index in [1.807, 2.05) is 4.90 Å². The molecule has 0 amide bonds. The molecule has 4 rings (SSSR count). The highest BCUT2D eigenvalue weighted by molar-refractivity contribution is 8.06. The third-order valence-electron chi connectivity index (χ3n) is 5.73. The summed E-state index contributed by atoms with van der Waals surface area (Å²) >= 11 is 1.01. The Morgan fingerprint density at radius 1 is 1.03 bits per heavy atom. The van der Waals surface area contributed by atoms with Crippen LogP contribution in [0.25, 0.3) is 0 Å². The predicted octanol–water partition coefficient (Wildman–Crippen LogP) is 6.28. The number of carbonyl (C=O) groups excluding carboxylic acids is 1. The van der Waals surface area contributed by atoms with Crippen molar-refractivity contribution in [1.82, 2.24) is 4.90 Å². The highest BCUT2D eigenvalue weighted by atomic mass is 32.2. The van der Waals surface area contributed by atoms with Gasteiger partial charge in [-0.3, -0.25) is 14.9 Å². The summed E-state index contributed by atoms with van der Waals surface area (Å²) in [6.07, 6.45) is -3.25. The third kappa shape index (κ3) is 5.13. The van der Waals surface area contributed by atoms with Crippen LogP contribution in [-0.2, 0) is 6.42 Å². The van der Waals surface area contributed by atoms with Crippen LogP contribution in [0.3, 0.4) is 0 Å². The first-order chi connectivity index (χ1) is 15.7. The van der Waals surface area contributed by atoms with E-state index >= 15 is 0 Å². The van der Waals surface area contributed by atoms with Gasteiger partial charge in [0.15, 0.2) is 5.78 Å². The molecule has 2 aliphatic heterocycles. The molecule has 0 radical (unpaired) electrons. The van der Waals surface area contributed by atoms with E-state index in [0.29, 0.717) is 29.2 Å². The van der Waals surface area contributed by atoms with Gasteiger partial charge < -0.3 is 4.90 Å². The van der Waals surface area contributed by atoms with Crippen molar-refractivity contribution in [3.63, 3.8) is 0 Å². The maximum atomic E-state index is 14.1. The Hall–Kier alpha value is -3.07. The van der Waals surface area contributed by atoms with Gasteiger partial charge in [-0.25, -0.2) is 0 Å². The Morgan fingerprint density at radius 2 is 1.67 bits per heavy atom. The minimum atomic E-state index is -4.60. The molecule has 2 heterocycles. The van der Waals surface area contributed by atoms with Crippen LogP contribution in [0.2, 0.25) is 0 Å². The van der Waals surface area contributed by atoms with Crippen LogP contribution >= 0.6 is 11.8 Å². The van der Waals surface area contributed by atoms with Crippen molar-refractivity contribution in [3.05, 3.63) is 96.9 Å². The first-order valence-corrected chi connectivity index (χ1v) is 11.3. The van der Waals surface area contributed by atoms with Crippen LogP contribution < -0.4 is 0 Å². The Labute approximate surface area is 193 Å². The van der Waals surface area contributed by atoms with Crippen molar-refractivity contribution >= 4 is 23.2 Å². The number of ketones is 1. The number of hydrogen-bond donors (Lipinski definition) is 0. The molecular weight excluding hydrogens is 453 g/mol. The summed E-state index contributed by atoms with van der Waals surface area (Å²) in [5.41, 5.74) is 0.239. The zero-order chi connectivity index (χ0) is 23.6. The lowest BCUT2D eigenvalue weighted by molar-refractivity contribution is -0.384. The number of nitro benzene ring substituents is 1. The average Bonchev–Trinajstić information content (AvgIpc) is 3.33. The minimum Gasteiger partial charge on any atom is -0.366 e. The van der Waals surface area contributed by atoms with Crippen LogP contribution in [-0.4, -0.2) is 34.9 Å². The number of thioether (sulfide) groups is 1. The number of hydrogen-bond acceptors (Lipinski definition) is 5. The smallest absolute Gasteiger partial charge is 0.366 e. The molecule has 0 unspecified atom stereocenters. The molecule has 0 N–H and O–H groups in total. The van der Waals surface area contributed by atoms with Crippen LogP contribution in [0.5, 0.6) is 0 Å². The fourth-order valence-electron chi connectivity index (χ4n) is 4.03. The van der Waals surface area contributed by atoms with Crippen molar-refractivity contribution in [2.75, 3.05) is 13.1 Å². The molecule has 2 aromatic carbocycles. The van der Waals surface area contributed by atoms with Gasteiger partial charge in [-0.15, -0.1) is 0 Å². The molecule has 0 aromatic heterocycles. The lowest BCUT2D eigenvalue weighted by Gasteiger charge is -2.31. The summed E-state index contributed by atoms with van der Waals surface area (Å²) in [7, 11) is 0. The molecule has 5 nitrogen and oxygen atoms in total. The molecule has 0 bridgehead atoms. The van der Waals surface area contributed by atoms with E-state index in [4.69, 9.17) is 0 Å². The molecule has 0 saturated carbocycles. The molecule has 1 saturated heterocycles. The number of Topliss-reactive ketones (excluding diaryl/α,β-unsaturated/α-hetero) is 1. The van der Waals surface area contributed by atoms with Gasteiger partial charge >= 0.3 is 6.18 Å². The van der Waals surface area contributed by atoms with Crippen LogP contribution in [0.1, 0.15) is 35.2 Å². The van der Waals surface area contributed by atoms with Gasteiger partial charge in [-0.2, -0.15) is 13.2 Å². The number of carbonyl (C=O) groups is 1. The summed E-state index contributed by atoms with van der Waals surface area (Å²) in [6.45, 7) is 1.39. The molecular formula is C24H21F3N2O3S. The highest BCUT2D eigenvalue weighted by Gasteiger charge is 2.42. The number of halogens is 3. The number of nitro groups is 1. The monoisotopic (exact) mass is 474 g/mol. The van der Waals surface area contributed by atoms with Crippen LogP contribution in [0, 0.1) is 10.1 Å². The lowest BCUT2D eigenvalue weighted by atomic mass is 9.95. The van der Waals surface area contributed by atoms with E-state index in [2.05, 4.69) is 0 Å². The lowest BCUT2D eigenvalue weighted by Crippen LogP contribution is -2.27. The second-order valence-electron chi connectivity index (χ2n) is 7.95. The molecule has 9 heteroatoms. The van der Waals surface area contributed by atoms with Crippen molar-refractivity contribution in [3.8, 4) is 0 Å². The maximum absolute atomic E-state index is 14.1. The maximum Gasteiger partial charge on any atom is 0.413 e. The molecule has 0 spiro atoms. The van der Waals surface area contributed by atoms with Gasteiger partial charge in [0.2, 0.25) is 0 Å². The molecule has 33 heavy (non-hydrogen) atoms. The Kier molecular flexibility index (Phi) is 6.60. The SMILES string of the molecule is O=C(C1=C(N2CCCC2)SC(Cc2ccc([N+](=O)[O-])cc2)=C(C(F)(F)F)C1)c1ccccc1.